The normalized spacial score (nSPS) is 35.0. The second-order valence-electron chi connectivity index (χ2n) is 8.47. The average Bonchev–Trinajstić information content (AvgIpc) is 2.94. The molecule has 138 valence electrons. The Hall–Kier alpha value is -1.53. The third-order valence-electron chi connectivity index (χ3n) is 6.62. The van der Waals surface area contributed by atoms with Gasteiger partial charge in [-0.05, 0) is 74.7 Å². The lowest BCUT2D eigenvalue weighted by molar-refractivity contribution is -0.141. The van der Waals surface area contributed by atoms with Gasteiger partial charge in [-0.2, -0.15) is 18.3 Å². The van der Waals surface area contributed by atoms with Crippen molar-refractivity contribution in [2.45, 2.75) is 64.2 Å². The lowest BCUT2D eigenvalue weighted by Crippen LogP contribution is -2.56. The van der Waals surface area contributed by atoms with Crippen molar-refractivity contribution in [3.63, 3.8) is 0 Å². The number of hydrogen-bond donors (Lipinski definition) is 1. The van der Waals surface area contributed by atoms with Crippen molar-refractivity contribution in [1.29, 1.82) is 0 Å². The molecule has 1 aromatic rings. The number of hydrogen-bond acceptors (Lipinski definition) is 2. The lowest BCUT2D eigenvalue weighted by Gasteiger charge is -2.59. The Bertz CT molecular complexity index is 631. The van der Waals surface area contributed by atoms with E-state index in [0.717, 1.165) is 28.5 Å². The highest BCUT2D eigenvalue weighted by molar-refractivity contribution is 5.76. The van der Waals surface area contributed by atoms with Crippen molar-refractivity contribution in [3.05, 3.63) is 18.0 Å². The molecule has 0 radical (unpaired) electrons. The van der Waals surface area contributed by atoms with Crippen LogP contribution in [0.1, 0.15) is 51.1 Å². The van der Waals surface area contributed by atoms with Crippen molar-refractivity contribution in [2.75, 3.05) is 0 Å². The molecule has 1 aromatic heterocycles. The zero-order valence-electron chi connectivity index (χ0n) is 14.4. The smallest absolute Gasteiger partial charge is 0.351 e. The summed E-state index contributed by atoms with van der Waals surface area (Å²) < 4.78 is 38.8. The molecule has 4 aliphatic rings. The highest BCUT2D eigenvalue weighted by Crippen LogP contribution is 2.61. The molecule has 25 heavy (non-hydrogen) atoms. The van der Waals surface area contributed by atoms with Gasteiger partial charge in [0.15, 0.2) is 5.69 Å². The van der Waals surface area contributed by atoms with Gasteiger partial charge >= 0.3 is 6.18 Å². The van der Waals surface area contributed by atoms with E-state index >= 15 is 0 Å². The van der Waals surface area contributed by atoms with Crippen LogP contribution < -0.4 is 5.32 Å². The Balaban J connectivity index is 1.39. The van der Waals surface area contributed by atoms with E-state index in [2.05, 4.69) is 17.3 Å². The molecule has 0 aromatic carbocycles. The fraction of sp³-hybridized carbons (Fsp3) is 0.778. The molecular formula is C18H24F3N3O. The molecule has 7 heteroatoms. The van der Waals surface area contributed by atoms with E-state index in [0.29, 0.717) is 0 Å². The minimum absolute atomic E-state index is 0.0612. The molecular weight excluding hydrogens is 331 g/mol. The fourth-order valence-electron chi connectivity index (χ4n) is 5.90. The van der Waals surface area contributed by atoms with Crippen LogP contribution in [0.25, 0.3) is 0 Å². The zero-order valence-corrected chi connectivity index (χ0v) is 14.4. The summed E-state index contributed by atoms with van der Waals surface area (Å²) in [5, 5.41) is 6.50. The molecule has 0 aliphatic heterocycles. The molecule has 1 heterocycles. The maximum absolute atomic E-state index is 12.6. The van der Waals surface area contributed by atoms with Crippen LogP contribution in [0.15, 0.2) is 12.3 Å². The summed E-state index contributed by atoms with van der Waals surface area (Å²) in [6, 6.07) is 0.960. The van der Waals surface area contributed by atoms with Gasteiger partial charge in [-0.1, -0.05) is 0 Å². The molecule has 4 fully saturated rings. The van der Waals surface area contributed by atoms with E-state index < -0.39 is 11.9 Å². The molecule has 4 nitrogen and oxygen atoms in total. The maximum atomic E-state index is 12.6. The van der Waals surface area contributed by atoms with Crippen molar-refractivity contribution in [2.24, 2.45) is 23.2 Å². The maximum Gasteiger partial charge on any atom is 0.435 e. The van der Waals surface area contributed by atoms with E-state index in [1.165, 1.54) is 44.7 Å². The van der Waals surface area contributed by atoms with Gasteiger partial charge in [0, 0.05) is 12.2 Å². The van der Waals surface area contributed by atoms with Crippen molar-refractivity contribution in [1.82, 2.24) is 15.1 Å². The number of nitrogens with one attached hydrogen (secondary N) is 1. The second-order valence-corrected chi connectivity index (χ2v) is 8.47. The molecule has 0 saturated heterocycles. The Morgan fingerprint density at radius 1 is 1.28 bits per heavy atom. The monoisotopic (exact) mass is 355 g/mol. The number of amides is 1. The van der Waals surface area contributed by atoms with Gasteiger partial charge in [0.1, 0.15) is 6.54 Å². The third kappa shape index (κ3) is 3.17. The first-order valence-corrected chi connectivity index (χ1v) is 9.13. The quantitative estimate of drug-likeness (QED) is 0.897. The van der Waals surface area contributed by atoms with Crippen molar-refractivity contribution in [3.8, 4) is 0 Å². The standard InChI is InChI=1S/C18H24F3N3O/c1-11(17-7-12-4-13(8-17)6-14(5-12)9-17)22-16(25)10-24-3-2-15(23-24)18(19,20)21/h2-3,11-14H,4-10H2,1H3,(H,22,25). The largest absolute Gasteiger partial charge is 0.435 e. The SMILES string of the molecule is CC(NC(=O)Cn1ccc(C(F)(F)F)n1)C12CC3CC(CC(C3)C1)C2. The van der Waals surface area contributed by atoms with Crippen LogP contribution in [-0.4, -0.2) is 21.7 Å². The van der Waals surface area contributed by atoms with Gasteiger partial charge < -0.3 is 5.32 Å². The van der Waals surface area contributed by atoms with Crippen LogP contribution >= 0.6 is 0 Å². The summed E-state index contributed by atoms with van der Waals surface area (Å²) in [5.74, 6) is 2.13. The minimum Gasteiger partial charge on any atom is -0.351 e. The molecule has 0 spiro atoms. The van der Waals surface area contributed by atoms with Crippen LogP contribution in [0.5, 0.6) is 0 Å². The Labute approximate surface area is 145 Å². The Morgan fingerprint density at radius 2 is 1.84 bits per heavy atom. The van der Waals surface area contributed by atoms with Crippen molar-refractivity contribution >= 4 is 5.91 Å². The van der Waals surface area contributed by atoms with E-state index in [9.17, 15) is 18.0 Å². The predicted molar refractivity (Wildman–Crippen MR) is 85.4 cm³/mol. The Morgan fingerprint density at radius 3 is 2.32 bits per heavy atom. The number of carbonyl (C=O) groups excluding carboxylic acids is 1. The van der Waals surface area contributed by atoms with Gasteiger partial charge in [-0.3, -0.25) is 9.48 Å². The van der Waals surface area contributed by atoms with E-state index in [-0.39, 0.29) is 23.9 Å². The van der Waals surface area contributed by atoms with E-state index in [1.54, 1.807) is 0 Å². The molecule has 1 N–H and O–H groups in total. The van der Waals surface area contributed by atoms with Crippen molar-refractivity contribution < 1.29 is 18.0 Å². The first-order chi connectivity index (χ1) is 11.7. The number of rotatable bonds is 4. The third-order valence-corrected chi connectivity index (χ3v) is 6.62. The number of nitrogens with zero attached hydrogens (tertiary/aromatic N) is 2. The first kappa shape index (κ1) is 16.9. The van der Waals surface area contributed by atoms with Crippen LogP contribution in [0, 0.1) is 23.2 Å². The molecule has 1 amide bonds. The first-order valence-electron chi connectivity index (χ1n) is 9.13. The van der Waals surface area contributed by atoms with E-state index in [4.69, 9.17) is 0 Å². The second kappa shape index (κ2) is 5.74. The van der Waals surface area contributed by atoms with E-state index in [1.807, 2.05) is 0 Å². The van der Waals surface area contributed by atoms with Crippen LogP contribution in [0.4, 0.5) is 13.2 Å². The topological polar surface area (TPSA) is 46.9 Å². The summed E-state index contributed by atoms with van der Waals surface area (Å²) in [6.07, 6.45) is 4.29. The molecule has 4 aliphatic carbocycles. The summed E-state index contributed by atoms with van der Waals surface area (Å²) >= 11 is 0. The summed E-state index contributed by atoms with van der Waals surface area (Å²) in [4.78, 5) is 12.3. The van der Waals surface area contributed by atoms with Crippen LogP contribution in [0.2, 0.25) is 0 Å². The number of carbonyl (C=O) groups is 1. The molecule has 1 atom stereocenters. The lowest BCUT2D eigenvalue weighted by atomic mass is 9.48. The van der Waals surface area contributed by atoms with Gasteiger partial charge in [0.05, 0.1) is 0 Å². The van der Waals surface area contributed by atoms with Gasteiger partial charge in [-0.25, -0.2) is 0 Å². The molecule has 4 saturated carbocycles. The highest BCUT2D eigenvalue weighted by Gasteiger charge is 2.53. The van der Waals surface area contributed by atoms with Gasteiger partial charge in [0.25, 0.3) is 0 Å². The van der Waals surface area contributed by atoms with Crippen LogP contribution in [-0.2, 0) is 17.5 Å². The summed E-state index contributed by atoms with van der Waals surface area (Å²) in [6.45, 7) is 1.89. The number of halogens is 3. The highest BCUT2D eigenvalue weighted by atomic mass is 19.4. The summed E-state index contributed by atoms with van der Waals surface area (Å²) in [5.41, 5.74) is -0.777. The fourth-order valence-corrected chi connectivity index (χ4v) is 5.90. The minimum atomic E-state index is -4.48. The van der Waals surface area contributed by atoms with Gasteiger partial charge in [-0.15, -0.1) is 0 Å². The Kier molecular flexibility index (Phi) is 3.88. The predicted octanol–water partition coefficient (Wildman–Crippen LogP) is 3.62. The zero-order chi connectivity index (χ0) is 17.8. The molecule has 5 rings (SSSR count). The van der Waals surface area contributed by atoms with Gasteiger partial charge in [0.2, 0.25) is 5.91 Å². The van der Waals surface area contributed by atoms with Crippen LogP contribution in [0.3, 0.4) is 0 Å². The molecule has 1 unspecified atom stereocenters. The molecule has 4 bridgehead atoms. The number of alkyl halides is 3. The average molecular weight is 355 g/mol. The summed E-state index contributed by atoms with van der Waals surface area (Å²) in [7, 11) is 0. The number of aromatic nitrogens is 2.